The molecule has 1 unspecified atom stereocenters. The van der Waals surface area contributed by atoms with Crippen molar-refractivity contribution in [3.05, 3.63) is 47.7 Å². The van der Waals surface area contributed by atoms with Gasteiger partial charge in [-0.3, -0.25) is 4.79 Å². The first-order valence-corrected chi connectivity index (χ1v) is 9.37. The summed E-state index contributed by atoms with van der Waals surface area (Å²) in [5, 5.41) is 3.74. The second-order valence-electron chi connectivity index (χ2n) is 6.48. The van der Waals surface area contributed by atoms with Gasteiger partial charge in [-0.2, -0.15) is 0 Å². The van der Waals surface area contributed by atoms with Crippen LogP contribution < -0.4 is 24.3 Å². The van der Waals surface area contributed by atoms with E-state index in [4.69, 9.17) is 18.9 Å². The Morgan fingerprint density at radius 3 is 2.31 bits per heavy atom. The van der Waals surface area contributed by atoms with Crippen molar-refractivity contribution in [2.24, 2.45) is 0 Å². The van der Waals surface area contributed by atoms with Gasteiger partial charge in [0, 0.05) is 11.5 Å². The molecular formula is C22H26N2O5. The van der Waals surface area contributed by atoms with Gasteiger partial charge in [0.2, 0.25) is 0 Å². The Bertz CT molecular complexity index is 995. The third-order valence-electron chi connectivity index (χ3n) is 4.72. The Kier molecular flexibility index (Phi) is 6.16. The molecule has 1 atom stereocenters. The Balaban J connectivity index is 1.87. The molecule has 0 fully saturated rings. The van der Waals surface area contributed by atoms with E-state index in [9.17, 15) is 4.79 Å². The molecule has 1 heterocycles. The summed E-state index contributed by atoms with van der Waals surface area (Å²) in [6.45, 7) is 4.49. The normalized spacial score (nSPS) is 11.8. The highest BCUT2D eigenvalue weighted by Crippen LogP contribution is 2.41. The highest BCUT2D eigenvalue weighted by molar-refractivity contribution is 6.02. The van der Waals surface area contributed by atoms with Crippen molar-refractivity contribution in [3.63, 3.8) is 0 Å². The van der Waals surface area contributed by atoms with Crippen LogP contribution in [0.15, 0.2) is 36.4 Å². The fraction of sp³-hybridized carbons (Fsp3) is 0.318. The number of H-pyrrole nitrogens is 1. The molecule has 3 aromatic rings. The SMILES string of the molecule is CCOc1ccc(C(C)NC(=O)c2cc3c(OC)cc(OC)c(OC)c3[nH]2)cc1. The maximum absolute atomic E-state index is 12.8. The van der Waals surface area contributed by atoms with Crippen molar-refractivity contribution in [2.45, 2.75) is 19.9 Å². The topological polar surface area (TPSA) is 81.8 Å². The summed E-state index contributed by atoms with van der Waals surface area (Å²) in [4.78, 5) is 16.0. The van der Waals surface area contributed by atoms with Crippen LogP contribution in [-0.4, -0.2) is 38.8 Å². The van der Waals surface area contributed by atoms with Gasteiger partial charge in [-0.1, -0.05) is 12.1 Å². The van der Waals surface area contributed by atoms with Gasteiger partial charge >= 0.3 is 0 Å². The molecule has 0 radical (unpaired) electrons. The predicted octanol–water partition coefficient (Wildman–Crippen LogP) is 4.08. The summed E-state index contributed by atoms with van der Waals surface area (Å²) in [6, 6.07) is 11.0. The lowest BCUT2D eigenvalue weighted by Gasteiger charge is -2.14. The van der Waals surface area contributed by atoms with Gasteiger partial charge < -0.3 is 29.2 Å². The van der Waals surface area contributed by atoms with E-state index in [1.54, 1.807) is 33.5 Å². The molecule has 154 valence electrons. The molecule has 3 rings (SSSR count). The van der Waals surface area contributed by atoms with Crippen LogP contribution in [0.2, 0.25) is 0 Å². The van der Waals surface area contributed by atoms with E-state index in [1.165, 1.54) is 0 Å². The van der Waals surface area contributed by atoms with Crippen LogP contribution in [0.1, 0.15) is 35.9 Å². The van der Waals surface area contributed by atoms with Gasteiger partial charge in [0.25, 0.3) is 5.91 Å². The van der Waals surface area contributed by atoms with Crippen molar-refractivity contribution in [1.29, 1.82) is 0 Å². The molecule has 2 N–H and O–H groups in total. The Hall–Kier alpha value is -3.35. The molecule has 2 aromatic carbocycles. The van der Waals surface area contributed by atoms with Gasteiger partial charge in [0.15, 0.2) is 11.5 Å². The standard InChI is InChI=1S/C22H26N2O5/c1-6-29-15-9-7-14(8-10-15)13(2)23-22(25)17-11-16-18(26-3)12-19(27-4)21(28-5)20(16)24-17/h7-13,24H,6H2,1-5H3,(H,23,25). The lowest BCUT2D eigenvalue weighted by molar-refractivity contribution is 0.0935. The zero-order valence-corrected chi connectivity index (χ0v) is 17.3. The molecule has 0 saturated carbocycles. The minimum Gasteiger partial charge on any atom is -0.496 e. The van der Waals surface area contributed by atoms with Crippen molar-refractivity contribution in [1.82, 2.24) is 10.3 Å². The zero-order valence-electron chi connectivity index (χ0n) is 17.3. The Morgan fingerprint density at radius 2 is 1.72 bits per heavy atom. The Morgan fingerprint density at radius 1 is 1.03 bits per heavy atom. The number of hydrogen-bond donors (Lipinski definition) is 2. The van der Waals surface area contributed by atoms with Gasteiger partial charge in [-0.25, -0.2) is 0 Å². The lowest BCUT2D eigenvalue weighted by Crippen LogP contribution is -2.26. The van der Waals surface area contributed by atoms with E-state index < -0.39 is 0 Å². The molecule has 0 saturated heterocycles. The number of nitrogens with one attached hydrogen (secondary N) is 2. The number of aromatic amines is 1. The number of rotatable bonds is 8. The van der Waals surface area contributed by atoms with E-state index >= 15 is 0 Å². The van der Waals surface area contributed by atoms with E-state index in [1.807, 2.05) is 38.1 Å². The molecular weight excluding hydrogens is 372 g/mol. The summed E-state index contributed by atoms with van der Waals surface area (Å²) in [6.07, 6.45) is 0. The number of hydrogen-bond acceptors (Lipinski definition) is 5. The minimum absolute atomic E-state index is 0.178. The third kappa shape index (κ3) is 4.08. The number of methoxy groups -OCH3 is 3. The monoisotopic (exact) mass is 398 g/mol. The first-order valence-electron chi connectivity index (χ1n) is 9.37. The predicted molar refractivity (Wildman–Crippen MR) is 111 cm³/mol. The average molecular weight is 398 g/mol. The quantitative estimate of drug-likeness (QED) is 0.597. The van der Waals surface area contributed by atoms with E-state index in [-0.39, 0.29) is 11.9 Å². The van der Waals surface area contributed by atoms with Crippen molar-refractivity contribution in [3.8, 4) is 23.0 Å². The van der Waals surface area contributed by atoms with Crippen molar-refractivity contribution in [2.75, 3.05) is 27.9 Å². The van der Waals surface area contributed by atoms with Gasteiger partial charge in [0.05, 0.1) is 39.5 Å². The summed E-state index contributed by atoms with van der Waals surface area (Å²) < 4.78 is 21.7. The van der Waals surface area contributed by atoms with Crippen LogP contribution in [-0.2, 0) is 0 Å². The first-order chi connectivity index (χ1) is 14.0. The van der Waals surface area contributed by atoms with Gasteiger partial charge in [0.1, 0.15) is 17.2 Å². The van der Waals surface area contributed by atoms with E-state index in [0.29, 0.717) is 35.1 Å². The molecule has 0 bridgehead atoms. The molecule has 0 aliphatic carbocycles. The van der Waals surface area contributed by atoms with Crippen LogP contribution in [0.3, 0.4) is 0 Å². The number of ether oxygens (including phenoxy) is 4. The smallest absolute Gasteiger partial charge is 0.268 e. The fourth-order valence-corrected chi connectivity index (χ4v) is 3.24. The van der Waals surface area contributed by atoms with Crippen LogP contribution in [0.5, 0.6) is 23.0 Å². The van der Waals surface area contributed by atoms with Gasteiger partial charge in [-0.15, -0.1) is 0 Å². The van der Waals surface area contributed by atoms with E-state index in [2.05, 4.69) is 10.3 Å². The highest BCUT2D eigenvalue weighted by Gasteiger charge is 2.20. The maximum atomic E-state index is 12.8. The summed E-state index contributed by atoms with van der Waals surface area (Å²) in [5.41, 5.74) is 2.03. The molecule has 0 aliphatic rings. The first kappa shape index (κ1) is 20.4. The molecule has 1 amide bonds. The second kappa shape index (κ2) is 8.77. The number of amides is 1. The number of carbonyl (C=O) groups is 1. The molecule has 7 heteroatoms. The lowest BCUT2D eigenvalue weighted by atomic mass is 10.1. The average Bonchev–Trinajstić information content (AvgIpc) is 3.18. The fourth-order valence-electron chi connectivity index (χ4n) is 3.24. The van der Waals surface area contributed by atoms with Crippen LogP contribution in [0.4, 0.5) is 0 Å². The van der Waals surface area contributed by atoms with Crippen molar-refractivity contribution < 1.29 is 23.7 Å². The molecule has 29 heavy (non-hydrogen) atoms. The van der Waals surface area contributed by atoms with Gasteiger partial charge in [-0.05, 0) is 37.6 Å². The summed E-state index contributed by atoms with van der Waals surface area (Å²) in [7, 11) is 4.68. The molecule has 0 aliphatic heterocycles. The van der Waals surface area contributed by atoms with Crippen molar-refractivity contribution >= 4 is 16.8 Å². The van der Waals surface area contributed by atoms with E-state index in [0.717, 1.165) is 16.7 Å². The number of benzene rings is 2. The second-order valence-corrected chi connectivity index (χ2v) is 6.48. The zero-order chi connectivity index (χ0) is 21.0. The maximum Gasteiger partial charge on any atom is 0.268 e. The minimum atomic E-state index is -0.231. The number of fused-ring (bicyclic) bond motifs is 1. The van der Waals surface area contributed by atoms with Crippen LogP contribution in [0.25, 0.3) is 10.9 Å². The Labute approximate surface area is 169 Å². The highest BCUT2D eigenvalue weighted by atomic mass is 16.5. The largest absolute Gasteiger partial charge is 0.496 e. The summed E-state index contributed by atoms with van der Waals surface area (Å²) in [5.74, 6) is 2.20. The molecule has 7 nitrogen and oxygen atoms in total. The molecule has 1 aromatic heterocycles. The number of carbonyl (C=O) groups excluding carboxylic acids is 1. The number of aromatic nitrogens is 1. The van der Waals surface area contributed by atoms with Crippen LogP contribution >= 0.6 is 0 Å². The van der Waals surface area contributed by atoms with Crippen LogP contribution in [0, 0.1) is 0 Å². The summed E-state index contributed by atoms with van der Waals surface area (Å²) >= 11 is 0. The molecule has 0 spiro atoms. The third-order valence-corrected chi connectivity index (χ3v) is 4.72.